The van der Waals surface area contributed by atoms with Crippen LogP contribution in [0.4, 0.5) is 0 Å². The summed E-state index contributed by atoms with van der Waals surface area (Å²) in [5, 5.41) is 0. The predicted octanol–water partition coefficient (Wildman–Crippen LogP) is 4.92. The minimum atomic E-state index is -0.255. The number of benzene rings is 2. The summed E-state index contributed by atoms with van der Waals surface area (Å²) in [5.41, 5.74) is 6.68. The van der Waals surface area contributed by atoms with Crippen LogP contribution in [0.1, 0.15) is 52.9 Å². The van der Waals surface area contributed by atoms with Crippen molar-refractivity contribution in [3.05, 3.63) is 76.4 Å². The number of aryl methyl sites for hydroxylation is 1. The monoisotopic (exact) mass is 300 g/mol. The second-order valence-corrected chi connectivity index (χ2v) is 6.81. The first-order valence-corrected chi connectivity index (χ1v) is 7.85. The molecule has 0 fully saturated rings. The van der Waals surface area contributed by atoms with Crippen LogP contribution in [0.15, 0.2) is 48.5 Å². The minimum Gasteiger partial charge on any atom is -0.279 e. The topological polar surface area (TPSA) is 17.1 Å². The fourth-order valence-corrected chi connectivity index (χ4v) is 3.15. The van der Waals surface area contributed by atoms with Crippen LogP contribution < -0.4 is 0 Å². The Morgan fingerprint density at radius 3 is 2.48 bits per heavy atom. The molecule has 0 saturated carbocycles. The van der Waals surface area contributed by atoms with Gasteiger partial charge in [0, 0.05) is 5.56 Å². The number of terminal acetylenes is 1. The lowest BCUT2D eigenvalue weighted by Gasteiger charge is -2.32. The summed E-state index contributed by atoms with van der Waals surface area (Å²) in [6.07, 6.45) is 8.51. The van der Waals surface area contributed by atoms with Gasteiger partial charge in [0.2, 0.25) is 5.78 Å². The summed E-state index contributed by atoms with van der Waals surface area (Å²) in [6, 6.07) is 14.4. The Kier molecular flexibility index (Phi) is 3.70. The molecular formula is C22H20O. The minimum absolute atomic E-state index is 0.00554. The molecule has 0 heterocycles. The lowest BCUT2D eigenvalue weighted by Crippen LogP contribution is -2.22. The average Bonchev–Trinajstić information content (AvgIpc) is 2.55. The third-order valence-electron chi connectivity index (χ3n) is 4.61. The molecule has 0 saturated heterocycles. The SMILES string of the molecule is C#CC(=O)c1ccc2c(c1)C(C)(C)CC=C2c1ccc(C)cc1. The van der Waals surface area contributed by atoms with Gasteiger partial charge in [0.05, 0.1) is 0 Å². The van der Waals surface area contributed by atoms with Gasteiger partial charge in [-0.05, 0) is 59.1 Å². The molecule has 0 N–H and O–H groups in total. The summed E-state index contributed by atoms with van der Waals surface area (Å²) in [7, 11) is 0. The van der Waals surface area contributed by atoms with Crippen molar-refractivity contribution in [3.63, 3.8) is 0 Å². The van der Waals surface area contributed by atoms with Crippen molar-refractivity contribution >= 4 is 11.4 Å². The maximum Gasteiger partial charge on any atom is 0.235 e. The van der Waals surface area contributed by atoms with Crippen molar-refractivity contribution in [2.75, 3.05) is 0 Å². The lowest BCUT2D eigenvalue weighted by molar-refractivity contribution is 0.105. The van der Waals surface area contributed by atoms with Gasteiger partial charge in [-0.2, -0.15) is 0 Å². The summed E-state index contributed by atoms with van der Waals surface area (Å²) >= 11 is 0. The van der Waals surface area contributed by atoms with Crippen molar-refractivity contribution in [3.8, 4) is 12.3 Å². The van der Waals surface area contributed by atoms with Gasteiger partial charge in [0.25, 0.3) is 0 Å². The van der Waals surface area contributed by atoms with Crippen LogP contribution in [0, 0.1) is 19.3 Å². The highest BCUT2D eigenvalue weighted by Gasteiger charge is 2.29. The van der Waals surface area contributed by atoms with Gasteiger partial charge in [-0.15, -0.1) is 6.42 Å². The third kappa shape index (κ3) is 2.73. The highest BCUT2D eigenvalue weighted by Crippen LogP contribution is 2.41. The van der Waals surface area contributed by atoms with Crippen LogP contribution in [0.5, 0.6) is 0 Å². The number of fused-ring (bicyclic) bond motifs is 1. The van der Waals surface area contributed by atoms with E-state index >= 15 is 0 Å². The van der Waals surface area contributed by atoms with Crippen molar-refractivity contribution in [2.24, 2.45) is 0 Å². The molecule has 0 amide bonds. The molecule has 2 aromatic rings. The van der Waals surface area contributed by atoms with E-state index < -0.39 is 0 Å². The molecule has 0 spiro atoms. The van der Waals surface area contributed by atoms with Crippen molar-refractivity contribution < 1.29 is 4.79 Å². The van der Waals surface area contributed by atoms with Gasteiger partial charge < -0.3 is 0 Å². The van der Waals surface area contributed by atoms with E-state index in [0.29, 0.717) is 5.56 Å². The molecule has 0 aromatic heterocycles. The number of carbonyl (C=O) groups excluding carboxylic acids is 1. The zero-order chi connectivity index (χ0) is 16.6. The Hall–Kier alpha value is -2.59. The highest BCUT2D eigenvalue weighted by molar-refractivity contribution is 6.09. The Balaban J connectivity index is 2.15. The Bertz CT molecular complexity index is 843. The molecule has 0 atom stereocenters. The van der Waals surface area contributed by atoms with E-state index in [1.807, 2.05) is 18.2 Å². The molecular weight excluding hydrogens is 280 g/mol. The van der Waals surface area contributed by atoms with Crippen LogP contribution in [0.25, 0.3) is 5.57 Å². The smallest absolute Gasteiger partial charge is 0.235 e. The maximum atomic E-state index is 11.8. The quantitative estimate of drug-likeness (QED) is 0.437. The molecule has 23 heavy (non-hydrogen) atoms. The van der Waals surface area contributed by atoms with Crippen LogP contribution in [-0.4, -0.2) is 5.78 Å². The normalized spacial score (nSPS) is 15.3. The molecule has 0 unspecified atom stereocenters. The van der Waals surface area contributed by atoms with Crippen molar-refractivity contribution in [1.82, 2.24) is 0 Å². The summed E-state index contributed by atoms with van der Waals surface area (Å²) in [4.78, 5) is 11.8. The fourth-order valence-electron chi connectivity index (χ4n) is 3.15. The van der Waals surface area contributed by atoms with Gasteiger partial charge in [-0.1, -0.05) is 55.8 Å². The van der Waals surface area contributed by atoms with Crippen molar-refractivity contribution in [2.45, 2.75) is 32.6 Å². The van der Waals surface area contributed by atoms with E-state index in [1.54, 1.807) is 0 Å². The predicted molar refractivity (Wildman–Crippen MR) is 95.5 cm³/mol. The van der Waals surface area contributed by atoms with E-state index in [1.165, 1.54) is 27.8 Å². The van der Waals surface area contributed by atoms with Gasteiger partial charge in [-0.3, -0.25) is 4.79 Å². The second kappa shape index (κ2) is 5.56. The van der Waals surface area contributed by atoms with E-state index in [0.717, 1.165) is 6.42 Å². The average molecular weight is 300 g/mol. The van der Waals surface area contributed by atoms with Crippen LogP contribution in [0.2, 0.25) is 0 Å². The number of hydrogen-bond acceptors (Lipinski definition) is 1. The number of Topliss-reactive ketones (excluding diaryl/α,β-unsaturated/α-hetero) is 1. The largest absolute Gasteiger partial charge is 0.279 e. The number of ketones is 1. The van der Waals surface area contributed by atoms with E-state index in [4.69, 9.17) is 6.42 Å². The summed E-state index contributed by atoms with van der Waals surface area (Å²) in [6.45, 7) is 6.50. The molecule has 2 aromatic carbocycles. The first kappa shape index (κ1) is 15.3. The fraction of sp³-hybridized carbons (Fsp3) is 0.227. The molecule has 3 rings (SSSR count). The Morgan fingerprint density at radius 2 is 1.83 bits per heavy atom. The third-order valence-corrected chi connectivity index (χ3v) is 4.61. The van der Waals surface area contributed by atoms with Crippen LogP contribution in [0.3, 0.4) is 0 Å². The van der Waals surface area contributed by atoms with Gasteiger partial charge in [-0.25, -0.2) is 0 Å². The Morgan fingerprint density at radius 1 is 1.13 bits per heavy atom. The van der Waals surface area contributed by atoms with Gasteiger partial charge in [0.15, 0.2) is 0 Å². The molecule has 1 heteroatoms. The van der Waals surface area contributed by atoms with E-state index in [-0.39, 0.29) is 11.2 Å². The maximum absolute atomic E-state index is 11.8. The molecule has 0 radical (unpaired) electrons. The first-order chi connectivity index (χ1) is 10.9. The zero-order valence-electron chi connectivity index (χ0n) is 13.8. The molecule has 1 nitrogen and oxygen atoms in total. The molecule has 0 aliphatic heterocycles. The zero-order valence-corrected chi connectivity index (χ0v) is 13.8. The molecule has 1 aliphatic rings. The van der Waals surface area contributed by atoms with E-state index in [9.17, 15) is 4.79 Å². The molecule has 114 valence electrons. The number of carbonyl (C=O) groups is 1. The number of allylic oxidation sites excluding steroid dienone is 1. The van der Waals surface area contributed by atoms with Gasteiger partial charge in [0.1, 0.15) is 0 Å². The molecule has 1 aliphatic carbocycles. The van der Waals surface area contributed by atoms with E-state index in [2.05, 4.69) is 57.0 Å². The van der Waals surface area contributed by atoms with Crippen LogP contribution >= 0.6 is 0 Å². The highest BCUT2D eigenvalue weighted by atomic mass is 16.1. The standard InChI is InChI=1S/C22H20O/c1-5-21(23)17-10-11-19-18(16-8-6-15(2)7-9-16)12-13-22(3,4)20(19)14-17/h1,6-12,14H,13H2,2-4H3. The summed E-state index contributed by atoms with van der Waals surface area (Å²) in [5.74, 6) is 1.96. The van der Waals surface area contributed by atoms with Crippen LogP contribution in [-0.2, 0) is 5.41 Å². The lowest BCUT2D eigenvalue weighted by atomic mass is 9.71. The first-order valence-electron chi connectivity index (χ1n) is 7.85. The van der Waals surface area contributed by atoms with Gasteiger partial charge >= 0.3 is 0 Å². The van der Waals surface area contributed by atoms with Crippen molar-refractivity contribution in [1.29, 1.82) is 0 Å². The summed E-state index contributed by atoms with van der Waals surface area (Å²) < 4.78 is 0. The Labute approximate surface area is 138 Å². The molecule has 0 bridgehead atoms. The second-order valence-electron chi connectivity index (χ2n) is 6.81. The number of hydrogen-bond donors (Lipinski definition) is 0. The number of rotatable bonds is 2.